The summed E-state index contributed by atoms with van der Waals surface area (Å²) in [6.45, 7) is 8.79. The molecule has 3 heterocycles. The molecular formula is C33H37BrClN3O4S. The Balaban J connectivity index is 1.56. The normalized spacial score (nSPS) is 27.2. The zero-order valence-electron chi connectivity index (χ0n) is 24.0. The van der Waals surface area contributed by atoms with E-state index in [1.807, 2.05) is 30.3 Å². The van der Waals surface area contributed by atoms with Crippen LogP contribution >= 0.6 is 39.3 Å². The smallest absolute Gasteiger partial charge is 0.251 e. The van der Waals surface area contributed by atoms with Crippen molar-refractivity contribution in [1.82, 2.24) is 4.90 Å². The molecule has 1 N–H and O–H groups in total. The van der Waals surface area contributed by atoms with Crippen molar-refractivity contribution in [3.05, 3.63) is 84.9 Å². The lowest BCUT2D eigenvalue weighted by molar-refractivity contribution is -0.139. The van der Waals surface area contributed by atoms with Crippen LogP contribution in [0.1, 0.15) is 25.7 Å². The van der Waals surface area contributed by atoms with Crippen molar-refractivity contribution in [2.45, 2.75) is 46.5 Å². The molecule has 6 atom stereocenters. The molecule has 3 saturated heterocycles. The van der Waals surface area contributed by atoms with Crippen molar-refractivity contribution >= 4 is 68.4 Å². The number of carbonyl (C=O) groups is 3. The number of carbonyl (C=O) groups excluding carboxylic acids is 3. The fraction of sp³-hybridized carbons (Fsp3) is 0.424. The zero-order chi connectivity index (χ0) is 30.7. The van der Waals surface area contributed by atoms with Crippen molar-refractivity contribution in [3.8, 4) is 0 Å². The Bertz CT molecular complexity index is 1360. The zero-order valence-corrected chi connectivity index (χ0v) is 27.1. The first-order valence-electron chi connectivity index (χ1n) is 14.7. The van der Waals surface area contributed by atoms with Gasteiger partial charge in [0.15, 0.2) is 0 Å². The van der Waals surface area contributed by atoms with Crippen LogP contribution in [-0.2, 0) is 14.4 Å². The molecule has 7 nitrogen and oxygen atoms in total. The molecule has 0 aliphatic carbocycles. The van der Waals surface area contributed by atoms with E-state index < -0.39 is 22.6 Å². The number of rotatable bonds is 13. The van der Waals surface area contributed by atoms with E-state index in [2.05, 4.69) is 29.1 Å². The number of hydrogen-bond donors (Lipinski definition) is 1. The number of unbranched alkanes of at least 4 members (excludes halogenated alkanes) is 2. The highest BCUT2D eigenvalue weighted by molar-refractivity contribution is 9.09. The van der Waals surface area contributed by atoms with Gasteiger partial charge in [-0.1, -0.05) is 57.9 Å². The van der Waals surface area contributed by atoms with Crippen molar-refractivity contribution in [2.75, 3.05) is 36.0 Å². The highest BCUT2D eigenvalue weighted by Gasteiger charge is 2.76. The van der Waals surface area contributed by atoms with Gasteiger partial charge in [-0.2, -0.15) is 0 Å². The Hall–Kier alpha value is -2.59. The molecule has 1 spiro atoms. The average molecular weight is 687 g/mol. The van der Waals surface area contributed by atoms with Crippen molar-refractivity contribution in [3.63, 3.8) is 0 Å². The number of alkyl halides is 1. The minimum absolute atomic E-state index is 0.0371. The molecule has 43 heavy (non-hydrogen) atoms. The molecule has 0 radical (unpaired) electrons. The van der Waals surface area contributed by atoms with Gasteiger partial charge in [-0.15, -0.1) is 24.9 Å². The Morgan fingerprint density at radius 1 is 1.00 bits per heavy atom. The molecule has 3 amide bonds. The number of aliphatic hydroxyl groups is 1. The van der Waals surface area contributed by atoms with Gasteiger partial charge in [-0.25, -0.2) is 0 Å². The molecule has 0 aromatic heterocycles. The number of amides is 3. The first-order chi connectivity index (χ1) is 20.8. The van der Waals surface area contributed by atoms with Crippen LogP contribution in [0.4, 0.5) is 11.4 Å². The summed E-state index contributed by atoms with van der Waals surface area (Å²) in [5.74, 6) is -1.69. The number of anilines is 2. The van der Waals surface area contributed by atoms with Crippen LogP contribution < -0.4 is 9.80 Å². The fourth-order valence-electron chi connectivity index (χ4n) is 6.96. The number of para-hydroxylation sites is 1. The number of nitrogens with zero attached hydrogens (tertiary/aromatic N) is 3. The van der Waals surface area contributed by atoms with E-state index in [0.29, 0.717) is 43.1 Å². The standard InChI is InChI=1S/C33H37BrClN3O4S/c1-3-17-36(23-11-7-5-8-12-23)30(40)26-27-31(41)38(19-9-6-10-20-39)29(33(27)21-25(34)28(26)43-33)32(42)37(18-4-2)24-15-13-22(35)14-16-24/h3-5,7-8,11-16,25-29,39H,1-2,6,9-10,17-21H2/t25?,26-,27+,28-,29?,33?/m1/s1. The van der Waals surface area contributed by atoms with Gasteiger partial charge in [0.1, 0.15) is 6.04 Å². The number of thioether (sulfide) groups is 1. The summed E-state index contributed by atoms with van der Waals surface area (Å²) >= 11 is 11.7. The highest BCUT2D eigenvalue weighted by atomic mass is 79.9. The number of benzene rings is 2. The maximum atomic E-state index is 14.7. The Morgan fingerprint density at radius 3 is 2.26 bits per heavy atom. The van der Waals surface area contributed by atoms with Crippen LogP contribution in [0.5, 0.6) is 0 Å². The number of fused-ring (bicyclic) bond motifs is 1. The van der Waals surface area contributed by atoms with Crippen LogP contribution in [0.25, 0.3) is 0 Å². The number of aliphatic hydroxyl groups excluding tert-OH is 1. The molecule has 2 bridgehead atoms. The van der Waals surface area contributed by atoms with Crippen LogP contribution in [0.3, 0.4) is 0 Å². The monoisotopic (exact) mass is 685 g/mol. The topological polar surface area (TPSA) is 81.2 Å². The summed E-state index contributed by atoms with van der Waals surface area (Å²) in [5.41, 5.74) is 1.42. The molecular weight excluding hydrogens is 650 g/mol. The predicted molar refractivity (Wildman–Crippen MR) is 178 cm³/mol. The van der Waals surface area contributed by atoms with Crippen LogP contribution in [-0.4, -0.2) is 74.8 Å². The largest absolute Gasteiger partial charge is 0.396 e. The minimum atomic E-state index is -0.771. The van der Waals surface area contributed by atoms with E-state index in [0.717, 1.165) is 12.1 Å². The summed E-state index contributed by atoms with van der Waals surface area (Å²) in [6, 6.07) is 15.8. The van der Waals surface area contributed by atoms with Gasteiger partial charge in [0, 0.05) is 52.7 Å². The van der Waals surface area contributed by atoms with Crippen LogP contribution in [0.15, 0.2) is 79.9 Å². The fourth-order valence-corrected chi connectivity index (χ4v) is 10.7. The van der Waals surface area contributed by atoms with E-state index in [-0.39, 0.29) is 41.0 Å². The Kier molecular flexibility index (Phi) is 10.1. The Morgan fingerprint density at radius 2 is 1.63 bits per heavy atom. The third kappa shape index (κ3) is 5.81. The lowest BCUT2D eigenvalue weighted by atomic mass is 9.70. The first-order valence-corrected chi connectivity index (χ1v) is 16.8. The lowest BCUT2D eigenvalue weighted by Crippen LogP contribution is -2.56. The molecule has 2 aromatic carbocycles. The summed E-state index contributed by atoms with van der Waals surface area (Å²) < 4.78 is -0.771. The first kappa shape index (κ1) is 31.8. The molecule has 3 fully saturated rings. The van der Waals surface area contributed by atoms with Gasteiger partial charge in [0.05, 0.1) is 16.6 Å². The van der Waals surface area contributed by atoms with Crippen LogP contribution in [0.2, 0.25) is 5.02 Å². The quantitative estimate of drug-likeness (QED) is 0.166. The number of halogens is 2. The lowest BCUT2D eigenvalue weighted by Gasteiger charge is -2.38. The molecule has 10 heteroatoms. The summed E-state index contributed by atoms with van der Waals surface area (Å²) in [6.07, 6.45) is 5.97. The van der Waals surface area contributed by atoms with Crippen molar-refractivity contribution < 1.29 is 19.5 Å². The second kappa shape index (κ2) is 13.6. The Labute approximate surface area is 271 Å². The molecule has 5 rings (SSSR count). The predicted octanol–water partition coefficient (Wildman–Crippen LogP) is 5.71. The van der Waals surface area contributed by atoms with Gasteiger partial charge in [-0.3, -0.25) is 14.4 Å². The third-order valence-electron chi connectivity index (χ3n) is 8.73. The molecule has 3 unspecified atom stereocenters. The van der Waals surface area contributed by atoms with Gasteiger partial charge < -0.3 is 19.8 Å². The van der Waals surface area contributed by atoms with Gasteiger partial charge in [0.25, 0.3) is 5.91 Å². The molecule has 0 saturated carbocycles. The van der Waals surface area contributed by atoms with Gasteiger partial charge in [-0.05, 0) is 62.1 Å². The molecule has 228 valence electrons. The van der Waals surface area contributed by atoms with Crippen molar-refractivity contribution in [2.24, 2.45) is 11.8 Å². The molecule has 2 aromatic rings. The number of hydrogen-bond acceptors (Lipinski definition) is 5. The minimum Gasteiger partial charge on any atom is -0.396 e. The summed E-state index contributed by atoms with van der Waals surface area (Å²) in [5, 5.41) is 9.74. The third-order valence-corrected chi connectivity index (χ3v) is 12.2. The van der Waals surface area contributed by atoms with Gasteiger partial charge in [0.2, 0.25) is 11.8 Å². The maximum Gasteiger partial charge on any atom is 0.251 e. The van der Waals surface area contributed by atoms with Gasteiger partial charge >= 0.3 is 0 Å². The second-order valence-electron chi connectivity index (χ2n) is 11.3. The summed E-state index contributed by atoms with van der Waals surface area (Å²) in [7, 11) is 0. The summed E-state index contributed by atoms with van der Waals surface area (Å²) in [4.78, 5) is 48.7. The van der Waals surface area contributed by atoms with E-state index in [9.17, 15) is 19.5 Å². The van der Waals surface area contributed by atoms with Crippen LogP contribution in [0, 0.1) is 11.8 Å². The highest BCUT2D eigenvalue weighted by Crippen LogP contribution is 2.68. The molecule has 3 aliphatic rings. The second-order valence-corrected chi connectivity index (χ2v) is 14.4. The van der Waals surface area contributed by atoms with E-state index in [4.69, 9.17) is 11.6 Å². The van der Waals surface area contributed by atoms with E-state index >= 15 is 0 Å². The maximum absolute atomic E-state index is 14.7. The average Bonchev–Trinajstić information content (AvgIpc) is 3.60. The molecule has 3 aliphatic heterocycles. The van der Waals surface area contributed by atoms with E-state index in [1.165, 1.54) is 0 Å². The number of likely N-dealkylation sites (tertiary alicyclic amines) is 1. The SMILES string of the molecule is C=CCN(C(=O)C1N(CCCCCO)C(=O)[C@@H]2[C@@H](C(=O)N(CC=C)c3ccccc3)[C@@H]3SC12CC3Br)c1ccc(Cl)cc1. The van der Waals surface area contributed by atoms with E-state index in [1.54, 1.807) is 62.9 Å². The van der Waals surface area contributed by atoms with Crippen molar-refractivity contribution in [1.29, 1.82) is 0 Å².